The summed E-state index contributed by atoms with van der Waals surface area (Å²) < 4.78 is 0. The molecule has 0 aliphatic carbocycles. The van der Waals surface area contributed by atoms with Crippen molar-refractivity contribution >= 4 is 10.8 Å². The number of hydrogen-bond acceptors (Lipinski definition) is 3. The minimum Gasteiger partial charge on any atom is -0.392 e. The van der Waals surface area contributed by atoms with E-state index in [0.717, 1.165) is 18.4 Å². The van der Waals surface area contributed by atoms with Gasteiger partial charge in [0.15, 0.2) is 0 Å². The third-order valence-corrected chi connectivity index (χ3v) is 3.21. The molecule has 3 nitrogen and oxygen atoms in total. The van der Waals surface area contributed by atoms with Crippen LogP contribution in [-0.4, -0.2) is 22.7 Å². The molecule has 0 aliphatic rings. The summed E-state index contributed by atoms with van der Waals surface area (Å²) in [7, 11) is 0. The molecule has 0 bridgehead atoms. The summed E-state index contributed by atoms with van der Waals surface area (Å²) in [6.45, 7) is 5.66. The van der Waals surface area contributed by atoms with Crippen molar-refractivity contribution in [2.45, 2.75) is 32.9 Å². The number of pyridine rings is 1. The van der Waals surface area contributed by atoms with Gasteiger partial charge in [0.05, 0.1) is 6.10 Å². The zero-order valence-electron chi connectivity index (χ0n) is 11.6. The summed E-state index contributed by atoms with van der Waals surface area (Å²) in [5.41, 5.74) is 1.25. The second kappa shape index (κ2) is 6.64. The molecule has 0 saturated carbocycles. The molecule has 2 rings (SSSR count). The van der Waals surface area contributed by atoms with Crippen LogP contribution < -0.4 is 5.32 Å². The Labute approximate surface area is 114 Å². The topological polar surface area (TPSA) is 45.1 Å². The van der Waals surface area contributed by atoms with Crippen LogP contribution in [0.3, 0.4) is 0 Å². The summed E-state index contributed by atoms with van der Waals surface area (Å²) in [6, 6.07) is 8.27. The van der Waals surface area contributed by atoms with E-state index in [4.69, 9.17) is 0 Å². The number of nitrogens with zero attached hydrogens (tertiary/aromatic N) is 1. The highest BCUT2D eigenvalue weighted by Gasteiger charge is 2.07. The van der Waals surface area contributed by atoms with Crippen LogP contribution in [0, 0.1) is 5.92 Å². The Morgan fingerprint density at radius 3 is 2.89 bits per heavy atom. The quantitative estimate of drug-likeness (QED) is 0.837. The summed E-state index contributed by atoms with van der Waals surface area (Å²) in [4.78, 5) is 4.13. The lowest BCUT2D eigenvalue weighted by Crippen LogP contribution is -2.27. The lowest BCUT2D eigenvalue weighted by Gasteiger charge is -2.14. The van der Waals surface area contributed by atoms with Crippen molar-refractivity contribution in [3.05, 3.63) is 42.2 Å². The molecule has 102 valence electrons. The van der Waals surface area contributed by atoms with Gasteiger partial charge in [-0.1, -0.05) is 32.0 Å². The van der Waals surface area contributed by atoms with Gasteiger partial charge >= 0.3 is 0 Å². The Bertz CT molecular complexity index is 520. The van der Waals surface area contributed by atoms with Crippen molar-refractivity contribution in [3.8, 4) is 0 Å². The van der Waals surface area contributed by atoms with Crippen LogP contribution >= 0.6 is 0 Å². The van der Waals surface area contributed by atoms with Crippen LogP contribution in [0.1, 0.15) is 25.8 Å². The van der Waals surface area contributed by atoms with Crippen molar-refractivity contribution in [1.29, 1.82) is 0 Å². The van der Waals surface area contributed by atoms with E-state index in [1.807, 2.05) is 24.5 Å². The Hall–Kier alpha value is -1.45. The molecule has 2 N–H and O–H groups in total. The van der Waals surface area contributed by atoms with Crippen LogP contribution in [0.25, 0.3) is 10.8 Å². The molecule has 0 saturated heterocycles. The fraction of sp³-hybridized carbons (Fsp3) is 0.438. The third kappa shape index (κ3) is 4.01. The van der Waals surface area contributed by atoms with Crippen molar-refractivity contribution in [3.63, 3.8) is 0 Å². The molecule has 1 atom stereocenters. The van der Waals surface area contributed by atoms with Gasteiger partial charge in [0.25, 0.3) is 0 Å². The smallest absolute Gasteiger partial charge is 0.0667 e. The monoisotopic (exact) mass is 258 g/mol. The van der Waals surface area contributed by atoms with Gasteiger partial charge in [0.2, 0.25) is 0 Å². The maximum atomic E-state index is 9.84. The minimum absolute atomic E-state index is 0.267. The largest absolute Gasteiger partial charge is 0.392 e. The second-order valence-electron chi connectivity index (χ2n) is 5.43. The van der Waals surface area contributed by atoms with E-state index >= 15 is 0 Å². The fourth-order valence-electron chi connectivity index (χ4n) is 2.34. The number of hydrogen-bond donors (Lipinski definition) is 2. The van der Waals surface area contributed by atoms with Crippen LogP contribution in [0.2, 0.25) is 0 Å². The molecule has 3 heteroatoms. The second-order valence-corrected chi connectivity index (χ2v) is 5.43. The van der Waals surface area contributed by atoms with Crippen LogP contribution in [0.15, 0.2) is 36.7 Å². The van der Waals surface area contributed by atoms with E-state index in [2.05, 4.69) is 36.3 Å². The zero-order chi connectivity index (χ0) is 13.7. The molecular formula is C16H22N2O. The summed E-state index contributed by atoms with van der Waals surface area (Å²) >= 11 is 0. The Kier molecular flexibility index (Phi) is 4.88. The van der Waals surface area contributed by atoms with Crippen molar-refractivity contribution in [2.24, 2.45) is 5.92 Å². The summed E-state index contributed by atoms with van der Waals surface area (Å²) in [6.07, 6.45) is 4.27. The highest BCUT2D eigenvalue weighted by atomic mass is 16.3. The normalized spacial score (nSPS) is 13.1. The average Bonchev–Trinajstić information content (AvgIpc) is 2.38. The van der Waals surface area contributed by atoms with Gasteiger partial charge in [-0.25, -0.2) is 0 Å². The van der Waals surface area contributed by atoms with E-state index in [1.54, 1.807) is 0 Å². The molecule has 0 amide bonds. The van der Waals surface area contributed by atoms with E-state index in [-0.39, 0.29) is 6.10 Å². The SMILES string of the molecule is CC(C)CC(O)CNCc1cccc2cnccc12. The molecule has 0 spiro atoms. The molecule has 1 aromatic heterocycles. The number of fused-ring (bicyclic) bond motifs is 1. The summed E-state index contributed by atoms with van der Waals surface area (Å²) in [5.74, 6) is 0.528. The first-order valence-corrected chi connectivity index (χ1v) is 6.87. The lowest BCUT2D eigenvalue weighted by molar-refractivity contribution is 0.146. The van der Waals surface area contributed by atoms with Crippen molar-refractivity contribution in [2.75, 3.05) is 6.54 Å². The molecule has 2 aromatic rings. The van der Waals surface area contributed by atoms with Crippen molar-refractivity contribution < 1.29 is 5.11 Å². The highest BCUT2D eigenvalue weighted by Crippen LogP contribution is 2.17. The maximum Gasteiger partial charge on any atom is 0.0667 e. The van der Waals surface area contributed by atoms with Gasteiger partial charge in [-0.05, 0) is 29.4 Å². The molecule has 19 heavy (non-hydrogen) atoms. The number of aliphatic hydroxyl groups excluding tert-OH is 1. The van der Waals surface area contributed by atoms with E-state index in [0.29, 0.717) is 12.5 Å². The number of rotatable bonds is 6. The number of nitrogens with one attached hydrogen (secondary N) is 1. The Balaban J connectivity index is 1.95. The van der Waals surface area contributed by atoms with E-state index in [1.165, 1.54) is 10.9 Å². The molecule has 1 heterocycles. The first kappa shape index (κ1) is 14.0. The zero-order valence-corrected chi connectivity index (χ0v) is 11.6. The van der Waals surface area contributed by atoms with Crippen molar-refractivity contribution in [1.82, 2.24) is 10.3 Å². The van der Waals surface area contributed by atoms with Gasteiger partial charge in [-0.2, -0.15) is 0 Å². The predicted molar refractivity (Wildman–Crippen MR) is 78.9 cm³/mol. The van der Waals surface area contributed by atoms with Gasteiger partial charge in [-0.3, -0.25) is 4.98 Å². The van der Waals surface area contributed by atoms with Crippen LogP contribution in [0.5, 0.6) is 0 Å². The van der Waals surface area contributed by atoms with Crippen LogP contribution in [-0.2, 0) is 6.54 Å². The summed E-state index contributed by atoms with van der Waals surface area (Å²) in [5, 5.41) is 15.5. The number of aromatic nitrogens is 1. The average molecular weight is 258 g/mol. The first-order chi connectivity index (χ1) is 9.16. The number of benzene rings is 1. The Morgan fingerprint density at radius 2 is 2.11 bits per heavy atom. The van der Waals surface area contributed by atoms with Crippen LogP contribution in [0.4, 0.5) is 0 Å². The molecule has 0 aliphatic heterocycles. The third-order valence-electron chi connectivity index (χ3n) is 3.21. The Morgan fingerprint density at radius 1 is 1.26 bits per heavy atom. The van der Waals surface area contributed by atoms with Gasteiger partial charge < -0.3 is 10.4 Å². The molecule has 1 unspecified atom stereocenters. The van der Waals surface area contributed by atoms with Gasteiger partial charge in [0, 0.05) is 30.9 Å². The lowest BCUT2D eigenvalue weighted by atomic mass is 10.1. The molecule has 0 fully saturated rings. The first-order valence-electron chi connectivity index (χ1n) is 6.87. The van der Waals surface area contributed by atoms with Gasteiger partial charge in [0.1, 0.15) is 0 Å². The minimum atomic E-state index is -0.267. The standard InChI is InChI=1S/C16H22N2O/c1-12(2)8-15(19)11-18-10-14-5-3-4-13-9-17-7-6-16(13)14/h3-7,9,12,15,18-19H,8,10-11H2,1-2H3. The predicted octanol–water partition coefficient (Wildman–Crippen LogP) is 2.73. The highest BCUT2D eigenvalue weighted by molar-refractivity contribution is 5.84. The van der Waals surface area contributed by atoms with E-state index in [9.17, 15) is 5.11 Å². The molecule has 1 aromatic carbocycles. The molecular weight excluding hydrogens is 236 g/mol. The van der Waals surface area contributed by atoms with Gasteiger partial charge in [-0.15, -0.1) is 0 Å². The fourth-order valence-corrected chi connectivity index (χ4v) is 2.34. The van der Waals surface area contributed by atoms with E-state index < -0.39 is 0 Å². The number of aliphatic hydroxyl groups is 1. The molecule has 0 radical (unpaired) electrons. The maximum absolute atomic E-state index is 9.84.